The fourth-order valence-electron chi connectivity index (χ4n) is 0. The number of unbranched alkanes of at least 4 members (excludes halogenated alkanes) is 1. The van der Waals surface area contributed by atoms with Crippen LogP contribution >= 0.6 is 9.12 Å². The molecule has 0 rings (SSSR count). The summed E-state index contributed by atoms with van der Waals surface area (Å²) in [6.07, 6.45) is 2.64. The Labute approximate surface area is 44.3 Å². The Kier molecular flexibility index (Phi) is 28.9. The lowest BCUT2D eigenvalue weighted by Crippen LogP contribution is -1.47. The molecular formula is C4H12BP. The van der Waals surface area contributed by atoms with Crippen LogP contribution in [0.5, 0.6) is 0 Å². The summed E-state index contributed by atoms with van der Waals surface area (Å²) < 4.78 is 0. The Hall–Kier alpha value is 0.495. The van der Waals surface area contributed by atoms with Crippen molar-refractivity contribution >= 4 is 16.7 Å². The van der Waals surface area contributed by atoms with Gasteiger partial charge in [-0.1, -0.05) is 26.7 Å². The minimum atomic E-state index is 1.32. The van der Waals surface area contributed by atoms with E-state index in [2.05, 4.69) is 21.4 Å². The molecule has 0 amide bonds. The van der Waals surface area contributed by atoms with Gasteiger partial charge in [-0.3, -0.25) is 0 Å². The van der Waals surface area contributed by atoms with Crippen LogP contribution < -0.4 is 0 Å². The van der Waals surface area contributed by atoms with E-state index >= 15 is 0 Å². The number of rotatable bonds is 1. The smallest absolute Gasteiger partial charge is 0.0996 e. The van der Waals surface area contributed by atoms with E-state index in [4.69, 9.17) is 0 Å². The summed E-state index contributed by atoms with van der Waals surface area (Å²) in [4.78, 5) is 0. The molecule has 2 heteroatoms. The Bertz CT molecular complexity index is 9.51. The topological polar surface area (TPSA) is 0 Å². The molecule has 36 valence electrons. The predicted octanol–water partition coefficient (Wildman–Crippen LogP) is 1.75. The summed E-state index contributed by atoms with van der Waals surface area (Å²) in [5.74, 6) is 0. The molecule has 0 aromatic heterocycles. The van der Waals surface area contributed by atoms with E-state index in [1.807, 2.05) is 9.12 Å². The third-order valence-corrected chi connectivity index (χ3v) is 0.500. The Morgan fingerprint density at radius 1 is 1.17 bits per heavy atom. The molecule has 1 unspecified atom stereocenters. The minimum absolute atomic E-state index is 1.32. The van der Waals surface area contributed by atoms with Crippen molar-refractivity contribution in [2.45, 2.75) is 26.7 Å². The lowest BCUT2D eigenvalue weighted by Gasteiger charge is -1.68. The second-order valence-corrected chi connectivity index (χ2v) is 1.000. The van der Waals surface area contributed by atoms with Crippen molar-refractivity contribution in [1.29, 1.82) is 0 Å². The van der Waals surface area contributed by atoms with Crippen molar-refractivity contribution in [2.24, 2.45) is 0 Å². The molecule has 0 N–H and O–H groups in total. The van der Waals surface area contributed by atoms with Gasteiger partial charge >= 0.3 is 0 Å². The van der Waals surface area contributed by atoms with Gasteiger partial charge in [-0.2, -0.15) is 9.12 Å². The van der Waals surface area contributed by atoms with E-state index < -0.39 is 0 Å². The summed E-state index contributed by atoms with van der Waals surface area (Å²) in [7, 11) is 6.33. The van der Waals surface area contributed by atoms with Crippen molar-refractivity contribution in [1.82, 2.24) is 0 Å². The quantitative estimate of drug-likeness (QED) is 0.349. The van der Waals surface area contributed by atoms with Crippen LogP contribution in [-0.4, -0.2) is 7.57 Å². The zero-order valence-electron chi connectivity index (χ0n) is 4.57. The molecule has 0 saturated carbocycles. The minimum Gasteiger partial charge on any atom is -0.187 e. The average Bonchev–Trinajstić information content (AvgIpc) is 1.72. The van der Waals surface area contributed by atoms with E-state index in [0.29, 0.717) is 0 Å². The molecule has 0 nitrogen and oxygen atoms in total. The van der Waals surface area contributed by atoms with Crippen molar-refractivity contribution in [3.63, 3.8) is 0 Å². The first-order valence-corrected chi connectivity index (χ1v) is 2.91. The van der Waals surface area contributed by atoms with Crippen LogP contribution in [0, 0.1) is 0 Å². The van der Waals surface area contributed by atoms with Crippen molar-refractivity contribution in [3.05, 3.63) is 0 Å². The van der Waals surface area contributed by atoms with Crippen LogP contribution in [0.2, 0.25) is 0 Å². The largest absolute Gasteiger partial charge is 0.187 e. The van der Waals surface area contributed by atoms with Crippen molar-refractivity contribution in [3.8, 4) is 0 Å². The van der Waals surface area contributed by atoms with Gasteiger partial charge in [0.2, 0.25) is 0 Å². The number of hydrogen-bond donors (Lipinski definition) is 0. The molecule has 0 fully saturated rings. The first kappa shape index (κ1) is 9.71. The summed E-state index contributed by atoms with van der Waals surface area (Å²) in [6.45, 7) is 4.36. The Morgan fingerprint density at radius 3 is 1.33 bits per heavy atom. The Morgan fingerprint density at radius 2 is 1.33 bits per heavy atom. The van der Waals surface area contributed by atoms with Crippen LogP contribution in [0.15, 0.2) is 0 Å². The maximum atomic E-state index is 4.42. The SMILES string of the molecule is CCCC.[B]P. The van der Waals surface area contributed by atoms with Gasteiger partial charge in [0, 0.05) is 0 Å². The van der Waals surface area contributed by atoms with Gasteiger partial charge in [0.05, 0.1) is 7.57 Å². The molecule has 0 aromatic rings. The third-order valence-electron chi connectivity index (χ3n) is 0.500. The highest BCUT2D eigenvalue weighted by Crippen LogP contribution is 1.76. The van der Waals surface area contributed by atoms with Gasteiger partial charge in [0.1, 0.15) is 0 Å². The van der Waals surface area contributed by atoms with E-state index in [9.17, 15) is 0 Å². The van der Waals surface area contributed by atoms with Crippen LogP contribution in [0.4, 0.5) is 0 Å². The molecule has 0 heterocycles. The van der Waals surface area contributed by atoms with Crippen LogP contribution in [0.3, 0.4) is 0 Å². The molecular weight excluding hydrogens is 89.8 g/mol. The fraction of sp³-hybridized carbons (Fsp3) is 1.00. The molecule has 6 heavy (non-hydrogen) atoms. The summed E-state index contributed by atoms with van der Waals surface area (Å²) in [5.41, 5.74) is 0. The normalized spacial score (nSPS) is 5.83. The van der Waals surface area contributed by atoms with E-state index in [0.717, 1.165) is 0 Å². The van der Waals surface area contributed by atoms with Gasteiger partial charge in [0.15, 0.2) is 0 Å². The average molecular weight is 102 g/mol. The highest BCUT2D eigenvalue weighted by Gasteiger charge is 1.56. The van der Waals surface area contributed by atoms with E-state index in [1.54, 1.807) is 0 Å². The van der Waals surface area contributed by atoms with Crippen LogP contribution in [-0.2, 0) is 0 Å². The summed E-state index contributed by atoms with van der Waals surface area (Å²) in [6, 6.07) is 0. The van der Waals surface area contributed by atoms with Crippen LogP contribution in [0.1, 0.15) is 26.7 Å². The van der Waals surface area contributed by atoms with Gasteiger partial charge in [0.25, 0.3) is 0 Å². The molecule has 0 spiro atoms. The summed E-state index contributed by atoms with van der Waals surface area (Å²) in [5, 5.41) is 0. The predicted molar refractivity (Wildman–Crippen MR) is 36.0 cm³/mol. The first-order valence-electron chi connectivity index (χ1n) is 2.25. The molecule has 2 radical (unpaired) electrons. The highest BCUT2D eigenvalue weighted by molar-refractivity contribution is 7.49. The van der Waals surface area contributed by atoms with E-state index in [1.165, 1.54) is 12.8 Å². The zero-order chi connectivity index (χ0) is 5.41. The molecule has 0 bridgehead atoms. The van der Waals surface area contributed by atoms with E-state index in [-0.39, 0.29) is 0 Å². The number of hydrogen-bond acceptors (Lipinski definition) is 0. The fourth-order valence-corrected chi connectivity index (χ4v) is 0. The maximum Gasteiger partial charge on any atom is 0.0996 e. The monoisotopic (exact) mass is 102 g/mol. The zero-order valence-corrected chi connectivity index (χ0v) is 5.72. The van der Waals surface area contributed by atoms with Crippen molar-refractivity contribution < 1.29 is 0 Å². The van der Waals surface area contributed by atoms with Crippen molar-refractivity contribution in [2.75, 3.05) is 0 Å². The van der Waals surface area contributed by atoms with Gasteiger partial charge in [-0.05, 0) is 0 Å². The first-order chi connectivity index (χ1) is 2.91. The summed E-state index contributed by atoms with van der Waals surface area (Å²) >= 11 is 0. The Balaban J connectivity index is 0. The molecule has 1 atom stereocenters. The highest BCUT2D eigenvalue weighted by atomic mass is 31.0. The second kappa shape index (κ2) is 17.8. The van der Waals surface area contributed by atoms with Gasteiger partial charge in [-0.15, -0.1) is 0 Å². The lowest BCUT2D eigenvalue weighted by atomic mass is 10.4. The van der Waals surface area contributed by atoms with Crippen LogP contribution in [0.25, 0.3) is 0 Å². The van der Waals surface area contributed by atoms with Gasteiger partial charge in [-0.25, -0.2) is 0 Å². The second-order valence-electron chi connectivity index (χ2n) is 1.000. The third kappa shape index (κ3) is 24.6. The van der Waals surface area contributed by atoms with Gasteiger partial charge < -0.3 is 0 Å². The lowest BCUT2D eigenvalue weighted by molar-refractivity contribution is 0.886. The molecule has 0 aliphatic heterocycles. The molecule has 0 aliphatic carbocycles. The standard InChI is InChI=1S/C4H10.BH2P/c1-3-4-2;1-2/h3-4H2,1-2H3;2H2. The maximum absolute atomic E-state index is 4.42. The molecule has 0 saturated heterocycles. The molecule has 0 aliphatic rings. The molecule has 0 aromatic carbocycles.